The molecule has 0 unspecified atom stereocenters. The summed E-state index contributed by atoms with van der Waals surface area (Å²) in [5, 5.41) is 22.9. The fourth-order valence-corrected chi connectivity index (χ4v) is 3.74. The molecule has 4 rings (SSSR count). The Labute approximate surface area is 183 Å². The van der Waals surface area contributed by atoms with Crippen molar-refractivity contribution in [2.24, 2.45) is 0 Å². The molecule has 150 valence electrons. The molecule has 1 aliphatic rings. The summed E-state index contributed by atoms with van der Waals surface area (Å²) < 4.78 is 5.86. The summed E-state index contributed by atoms with van der Waals surface area (Å²) in [7, 11) is 0. The highest BCUT2D eigenvalue weighted by molar-refractivity contribution is 6.42. The lowest BCUT2D eigenvalue weighted by atomic mass is 10.0. The minimum atomic E-state index is -1.12. The summed E-state index contributed by atoms with van der Waals surface area (Å²) in [5.41, 5.74) is 3.50. The summed E-state index contributed by atoms with van der Waals surface area (Å²) in [6, 6.07) is 16.3. The highest BCUT2D eigenvalue weighted by Crippen LogP contribution is 2.44. The molecule has 30 heavy (non-hydrogen) atoms. The Morgan fingerprint density at radius 1 is 1.00 bits per heavy atom. The van der Waals surface area contributed by atoms with Gasteiger partial charge in [0.1, 0.15) is 0 Å². The zero-order valence-corrected chi connectivity index (χ0v) is 17.2. The number of rotatable bonds is 5. The molecule has 0 radical (unpaired) electrons. The van der Waals surface area contributed by atoms with E-state index in [-0.39, 0.29) is 11.1 Å². The van der Waals surface area contributed by atoms with Crippen LogP contribution in [0.25, 0.3) is 0 Å². The van der Waals surface area contributed by atoms with Crippen molar-refractivity contribution in [3.8, 4) is 17.6 Å². The van der Waals surface area contributed by atoms with Gasteiger partial charge >= 0.3 is 5.97 Å². The molecule has 2 N–H and O–H groups in total. The predicted molar refractivity (Wildman–Crippen MR) is 116 cm³/mol. The van der Waals surface area contributed by atoms with Crippen LogP contribution in [-0.4, -0.2) is 11.1 Å². The van der Waals surface area contributed by atoms with Gasteiger partial charge in [-0.2, -0.15) is 5.26 Å². The van der Waals surface area contributed by atoms with E-state index in [0.29, 0.717) is 32.9 Å². The van der Waals surface area contributed by atoms with Gasteiger partial charge in [0.05, 0.1) is 38.6 Å². The zero-order valence-electron chi connectivity index (χ0n) is 15.7. The first kappa shape index (κ1) is 20.1. The summed E-state index contributed by atoms with van der Waals surface area (Å²) in [6.45, 7) is 0. The number of nitrogens with zero attached hydrogens (tertiary/aromatic N) is 1. The van der Waals surface area contributed by atoms with Gasteiger partial charge in [-0.1, -0.05) is 35.3 Å². The molecule has 1 aliphatic heterocycles. The van der Waals surface area contributed by atoms with E-state index in [1.807, 2.05) is 36.4 Å². The van der Waals surface area contributed by atoms with Gasteiger partial charge in [0, 0.05) is 6.07 Å². The first-order chi connectivity index (χ1) is 14.4. The van der Waals surface area contributed by atoms with Gasteiger partial charge < -0.3 is 15.2 Å². The summed E-state index contributed by atoms with van der Waals surface area (Å²) >= 11 is 12.0. The smallest absolute Gasteiger partial charge is 0.338 e. The van der Waals surface area contributed by atoms with Gasteiger partial charge in [-0.25, -0.2) is 4.79 Å². The third-order valence-corrected chi connectivity index (χ3v) is 5.64. The second-order valence-electron chi connectivity index (χ2n) is 6.97. The molecule has 3 aromatic rings. The Kier molecular flexibility index (Phi) is 5.54. The maximum atomic E-state index is 11.6. The van der Waals surface area contributed by atoms with Gasteiger partial charge in [0.25, 0.3) is 0 Å². The van der Waals surface area contributed by atoms with Crippen LogP contribution in [0.2, 0.25) is 10.0 Å². The number of carboxylic acid groups (broad SMARTS) is 1. The average molecular weight is 439 g/mol. The molecule has 0 bridgehead atoms. The molecule has 3 aromatic carbocycles. The third-order valence-electron chi connectivity index (χ3n) is 4.90. The topological polar surface area (TPSA) is 82.4 Å². The number of carboxylic acids is 1. The van der Waals surface area contributed by atoms with Crippen LogP contribution in [0.15, 0.2) is 48.5 Å². The number of benzene rings is 3. The van der Waals surface area contributed by atoms with Crippen LogP contribution in [0, 0.1) is 11.3 Å². The molecular weight excluding hydrogens is 423 g/mol. The van der Waals surface area contributed by atoms with E-state index < -0.39 is 5.97 Å². The van der Waals surface area contributed by atoms with Crippen molar-refractivity contribution in [3.63, 3.8) is 0 Å². The van der Waals surface area contributed by atoms with Gasteiger partial charge in [0.2, 0.25) is 0 Å². The first-order valence-corrected chi connectivity index (χ1v) is 10.0. The van der Waals surface area contributed by atoms with E-state index in [1.54, 1.807) is 6.07 Å². The SMILES string of the molecule is N#Cc1cc2c(c(C(=O)O)c1)Nc1cc(CCCc3ccc(Cl)c(Cl)c3)ccc1O2. The molecular formula is C23H16Cl2N2O3. The second kappa shape index (κ2) is 8.27. The van der Waals surface area contributed by atoms with Gasteiger partial charge in [0.15, 0.2) is 11.5 Å². The zero-order chi connectivity index (χ0) is 21.3. The summed E-state index contributed by atoms with van der Waals surface area (Å²) in [4.78, 5) is 11.6. The maximum absolute atomic E-state index is 11.6. The lowest BCUT2D eigenvalue weighted by molar-refractivity contribution is 0.0697. The minimum absolute atomic E-state index is 0.000259. The van der Waals surface area contributed by atoms with Crippen LogP contribution in [0.4, 0.5) is 11.4 Å². The summed E-state index contributed by atoms with van der Waals surface area (Å²) in [6.07, 6.45) is 2.61. The molecule has 1 heterocycles. The van der Waals surface area contributed by atoms with Crippen LogP contribution in [0.5, 0.6) is 11.5 Å². The monoisotopic (exact) mass is 438 g/mol. The number of hydrogen-bond acceptors (Lipinski definition) is 4. The Balaban J connectivity index is 1.51. The van der Waals surface area contributed by atoms with Gasteiger partial charge in [-0.3, -0.25) is 0 Å². The van der Waals surface area contributed by atoms with E-state index in [9.17, 15) is 9.90 Å². The predicted octanol–water partition coefficient (Wildman–Crippen LogP) is 6.59. The molecule has 0 amide bonds. The van der Waals surface area contributed by atoms with Crippen molar-refractivity contribution in [3.05, 3.63) is 80.8 Å². The number of hydrogen-bond donors (Lipinski definition) is 2. The Bertz CT molecular complexity index is 1200. The van der Waals surface area contributed by atoms with E-state index in [2.05, 4.69) is 5.32 Å². The Morgan fingerprint density at radius 2 is 1.73 bits per heavy atom. The third kappa shape index (κ3) is 4.06. The lowest BCUT2D eigenvalue weighted by Gasteiger charge is -2.24. The number of ether oxygens (including phenoxy) is 1. The Morgan fingerprint density at radius 3 is 2.43 bits per heavy atom. The number of aryl methyl sites for hydroxylation is 2. The quantitative estimate of drug-likeness (QED) is 0.367. The second-order valence-corrected chi connectivity index (χ2v) is 7.79. The van der Waals surface area contributed by atoms with Gasteiger partial charge in [-0.05, 0) is 60.7 Å². The van der Waals surface area contributed by atoms with Crippen molar-refractivity contribution in [1.82, 2.24) is 0 Å². The molecule has 0 saturated heterocycles. The van der Waals surface area contributed by atoms with Crippen LogP contribution in [0.3, 0.4) is 0 Å². The molecule has 0 aliphatic carbocycles. The van der Waals surface area contributed by atoms with E-state index in [0.717, 1.165) is 30.4 Å². The molecule has 5 nitrogen and oxygen atoms in total. The number of halogens is 2. The molecule has 0 aromatic heterocycles. The highest BCUT2D eigenvalue weighted by atomic mass is 35.5. The van der Waals surface area contributed by atoms with Crippen LogP contribution in [-0.2, 0) is 12.8 Å². The maximum Gasteiger partial charge on any atom is 0.338 e. The van der Waals surface area contributed by atoms with Crippen molar-refractivity contribution in [2.45, 2.75) is 19.3 Å². The number of nitrogens with one attached hydrogen (secondary N) is 1. The number of aromatic carboxylic acids is 1. The lowest BCUT2D eigenvalue weighted by Crippen LogP contribution is -2.10. The number of anilines is 2. The average Bonchev–Trinajstić information content (AvgIpc) is 2.73. The minimum Gasteiger partial charge on any atom is -0.478 e. The Hall–Kier alpha value is -3.20. The normalized spacial score (nSPS) is 11.5. The number of nitriles is 1. The van der Waals surface area contributed by atoms with Crippen molar-refractivity contribution in [1.29, 1.82) is 5.26 Å². The molecule has 0 atom stereocenters. The molecule has 0 fully saturated rings. The van der Waals surface area contributed by atoms with Gasteiger partial charge in [-0.15, -0.1) is 0 Å². The fourth-order valence-electron chi connectivity index (χ4n) is 3.42. The molecule has 7 heteroatoms. The first-order valence-electron chi connectivity index (χ1n) is 9.28. The van der Waals surface area contributed by atoms with Crippen LogP contribution < -0.4 is 10.1 Å². The van der Waals surface area contributed by atoms with E-state index in [4.69, 9.17) is 33.2 Å². The van der Waals surface area contributed by atoms with Crippen LogP contribution in [0.1, 0.15) is 33.5 Å². The number of fused-ring (bicyclic) bond motifs is 2. The van der Waals surface area contributed by atoms with Crippen LogP contribution >= 0.6 is 23.2 Å². The number of carbonyl (C=O) groups is 1. The molecule has 0 saturated carbocycles. The standard InChI is InChI=1S/C23H16Cl2N2O3/c24-17-6-4-13(9-18(17)25)2-1-3-14-5-7-20-19(10-14)27-22-16(23(28)29)8-15(12-26)11-21(22)30-20/h4-11,27H,1-3H2,(H,28,29). The van der Waals surface area contributed by atoms with Crippen molar-refractivity contribution >= 4 is 40.5 Å². The van der Waals surface area contributed by atoms with Crippen molar-refractivity contribution in [2.75, 3.05) is 5.32 Å². The highest BCUT2D eigenvalue weighted by Gasteiger charge is 2.24. The fraction of sp³-hybridized carbons (Fsp3) is 0.130. The molecule has 0 spiro atoms. The largest absolute Gasteiger partial charge is 0.478 e. The van der Waals surface area contributed by atoms with E-state index >= 15 is 0 Å². The van der Waals surface area contributed by atoms with Crippen molar-refractivity contribution < 1.29 is 14.6 Å². The van der Waals surface area contributed by atoms with E-state index in [1.165, 1.54) is 12.1 Å². The summed E-state index contributed by atoms with van der Waals surface area (Å²) in [5.74, 6) is -0.214.